The van der Waals surface area contributed by atoms with E-state index < -0.39 is 29.3 Å². The van der Waals surface area contributed by atoms with Crippen molar-refractivity contribution in [1.29, 1.82) is 0 Å². The highest BCUT2D eigenvalue weighted by molar-refractivity contribution is 6.01. The Balaban J connectivity index is 1.64. The largest absolute Gasteiger partial charge is 0.481 e. The van der Waals surface area contributed by atoms with E-state index in [4.69, 9.17) is 9.84 Å². The van der Waals surface area contributed by atoms with Crippen LogP contribution >= 0.6 is 0 Å². The molecule has 0 radical (unpaired) electrons. The second-order valence-corrected chi connectivity index (χ2v) is 7.26. The van der Waals surface area contributed by atoms with Crippen LogP contribution in [0.1, 0.15) is 32.1 Å². The Morgan fingerprint density at radius 2 is 2.11 bits per heavy atom. The van der Waals surface area contributed by atoms with Gasteiger partial charge in [-0.15, -0.1) is 0 Å². The first-order valence-electron chi connectivity index (χ1n) is 9.23. The smallest absolute Gasteiger partial charge is 0.306 e. The maximum atomic E-state index is 14.7. The van der Waals surface area contributed by atoms with Crippen LogP contribution in [0.3, 0.4) is 0 Å². The molecule has 0 aliphatic carbocycles. The van der Waals surface area contributed by atoms with Crippen molar-refractivity contribution in [3.8, 4) is 0 Å². The molecule has 1 aromatic rings. The summed E-state index contributed by atoms with van der Waals surface area (Å²) < 4.78 is 20.1. The molecule has 2 aliphatic rings. The third-order valence-electron chi connectivity index (χ3n) is 5.45. The summed E-state index contributed by atoms with van der Waals surface area (Å²) in [5.41, 5.74) is 0.172. The average molecular weight is 393 g/mol. The molecule has 28 heavy (non-hydrogen) atoms. The molecule has 0 bridgehead atoms. The number of methoxy groups -OCH3 is 1. The number of anilines is 2. The maximum absolute atomic E-state index is 14.7. The molecule has 1 aromatic carbocycles. The van der Waals surface area contributed by atoms with Gasteiger partial charge in [0, 0.05) is 32.3 Å². The van der Waals surface area contributed by atoms with Gasteiger partial charge in [0.25, 0.3) is 0 Å². The topological polar surface area (TPSA) is 108 Å². The highest BCUT2D eigenvalue weighted by Gasteiger charge is 2.37. The van der Waals surface area contributed by atoms with Crippen LogP contribution in [0.4, 0.5) is 15.8 Å². The Morgan fingerprint density at radius 3 is 2.68 bits per heavy atom. The fraction of sp³-hybridized carbons (Fsp3) is 0.526. The van der Waals surface area contributed by atoms with Crippen molar-refractivity contribution in [3.05, 3.63) is 24.0 Å². The normalized spacial score (nSPS) is 21.9. The van der Waals surface area contributed by atoms with E-state index >= 15 is 0 Å². The molecule has 3 N–H and O–H groups in total. The second-order valence-electron chi connectivity index (χ2n) is 7.26. The minimum atomic E-state index is -0.912. The number of benzene rings is 1. The van der Waals surface area contributed by atoms with Gasteiger partial charge in [0.1, 0.15) is 11.9 Å². The average Bonchev–Trinajstić information content (AvgIpc) is 2.65. The highest BCUT2D eigenvalue weighted by Crippen LogP contribution is 2.33. The zero-order chi connectivity index (χ0) is 20.3. The van der Waals surface area contributed by atoms with Gasteiger partial charge in [0.2, 0.25) is 11.8 Å². The van der Waals surface area contributed by atoms with Crippen LogP contribution in [0, 0.1) is 5.82 Å². The standard InChI is InChI=1S/C19H24FN3O5/c1-28-19(11-17(25)26)6-8-23(9-7-19)15-4-2-12(10-13(15)20)21-14-3-5-16(24)22-18(14)27/h2,4,10,14,21H,3,5-9,11H2,1H3,(H,25,26)(H,22,24,27). The number of carboxylic acid groups (broad SMARTS) is 1. The number of carbonyl (C=O) groups is 3. The van der Waals surface area contributed by atoms with Crippen LogP contribution in [0.25, 0.3) is 0 Å². The molecule has 8 nitrogen and oxygen atoms in total. The Kier molecular flexibility index (Phi) is 5.83. The van der Waals surface area contributed by atoms with Crippen LogP contribution in [0.2, 0.25) is 0 Å². The highest BCUT2D eigenvalue weighted by atomic mass is 19.1. The zero-order valence-electron chi connectivity index (χ0n) is 15.7. The van der Waals surface area contributed by atoms with E-state index in [1.807, 2.05) is 4.90 Å². The Bertz CT molecular complexity index is 777. The van der Waals surface area contributed by atoms with Crippen molar-refractivity contribution in [2.24, 2.45) is 0 Å². The van der Waals surface area contributed by atoms with Crippen LogP contribution in [-0.2, 0) is 19.1 Å². The first-order chi connectivity index (χ1) is 13.3. The van der Waals surface area contributed by atoms with E-state index in [2.05, 4.69) is 10.6 Å². The van der Waals surface area contributed by atoms with Crippen molar-refractivity contribution in [2.75, 3.05) is 30.4 Å². The molecule has 2 saturated heterocycles. The molecular formula is C19H24FN3O5. The molecule has 152 valence electrons. The molecule has 2 aliphatic heterocycles. The van der Waals surface area contributed by atoms with Crippen molar-refractivity contribution in [1.82, 2.24) is 5.32 Å². The van der Waals surface area contributed by atoms with Gasteiger partial charge in [-0.1, -0.05) is 0 Å². The monoisotopic (exact) mass is 393 g/mol. The van der Waals surface area contributed by atoms with E-state index in [0.717, 1.165) is 0 Å². The molecule has 1 unspecified atom stereocenters. The van der Waals surface area contributed by atoms with E-state index in [1.165, 1.54) is 13.2 Å². The number of piperidine rings is 2. The van der Waals surface area contributed by atoms with E-state index in [9.17, 15) is 18.8 Å². The molecule has 3 rings (SSSR count). The van der Waals surface area contributed by atoms with Crippen molar-refractivity contribution in [3.63, 3.8) is 0 Å². The fourth-order valence-electron chi connectivity index (χ4n) is 3.77. The molecule has 1 atom stereocenters. The molecule has 0 spiro atoms. The quantitative estimate of drug-likeness (QED) is 0.629. The van der Waals surface area contributed by atoms with Gasteiger partial charge in [0.15, 0.2) is 0 Å². The summed E-state index contributed by atoms with van der Waals surface area (Å²) in [6, 6.07) is 4.09. The Hall–Kier alpha value is -2.68. The van der Waals surface area contributed by atoms with Crippen molar-refractivity contribution < 1.29 is 28.6 Å². The lowest BCUT2D eigenvalue weighted by molar-refractivity contribution is -0.145. The number of rotatable bonds is 6. The van der Waals surface area contributed by atoms with Crippen LogP contribution < -0.4 is 15.5 Å². The lowest BCUT2D eigenvalue weighted by Gasteiger charge is -2.41. The van der Waals surface area contributed by atoms with Crippen LogP contribution in [-0.4, -0.2) is 54.7 Å². The summed E-state index contributed by atoms with van der Waals surface area (Å²) >= 11 is 0. The number of aliphatic carboxylic acids is 1. The molecule has 2 amide bonds. The van der Waals surface area contributed by atoms with Gasteiger partial charge in [0.05, 0.1) is 17.7 Å². The fourth-order valence-corrected chi connectivity index (χ4v) is 3.77. The van der Waals surface area contributed by atoms with Gasteiger partial charge in [-0.3, -0.25) is 19.7 Å². The van der Waals surface area contributed by atoms with Gasteiger partial charge >= 0.3 is 5.97 Å². The van der Waals surface area contributed by atoms with Gasteiger partial charge in [-0.05, 0) is 37.5 Å². The van der Waals surface area contributed by atoms with Crippen molar-refractivity contribution >= 4 is 29.2 Å². The summed E-state index contributed by atoms with van der Waals surface area (Å²) in [4.78, 5) is 36.0. The third kappa shape index (κ3) is 4.41. The van der Waals surface area contributed by atoms with E-state index in [-0.39, 0.29) is 18.7 Å². The Labute approximate surface area is 162 Å². The number of amides is 2. The summed E-state index contributed by atoms with van der Waals surface area (Å²) in [5.74, 6) is -2.05. The van der Waals surface area contributed by atoms with E-state index in [1.54, 1.807) is 12.1 Å². The molecule has 0 saturated carbocycles. The van der Waals surface area contributed by atoms with Crippen molar-refractivity contribution in [2.45, 2.75) is 43.7 Å². The summed E-state index contributed by atoms with van der Waals surface area (Å²) in [6.45, 7) is 0.968. The number of ether oxygens (including phenoxy) is 1. The summed E-state index contributed by atoms with van der Waals surface area (Å²) in [6.07, 6.45) is 1.52. The molecule has 2 heterocycles. The number of hydrogen-bond donors (Lipinski definition) is 3. The summed E-state index contributed by atoms with van der Waals surface area (Å²) in [5, 5.41) is 14.3. The number of hydrogen-bond acceptors (Lipinski definition) is 6. The lowest BCUT2D eigenvalue weighted by Crippen LogP contribution is -2.47. The minimum absolute atomic E-state index is 0.0748. The van der Waals surface area contributed by atoms with Crippen LogP contribution in [0.5, 0.6) is 0 Å². The molecule has 0 aromatic heterocycles. The second kappa shape index (κ2) is 8.14. The number of nitrogens with one attached hydrogen (secondary N) is 2. The van der Waals surface area contributed by atoms with Gasteiger partial charge in [-0.25, -0.2) is 4.39 Å². The number of nitrogens with zero attached hydrogens (tertiary/aromatic N) is 1. The molecular weight excluding hydrogens is 369 g/mol. The summed E-state index contributed by atoms with van der Waals surface area (Å²) in [7, 11) is 1.51. The first kappa shape index (κ1) is 20.1. The van der Waals surface area contributed by atoms with Gasteiger partial charge in [-0.2, -0.15) is 0 Å². The predicted molar refractivity (Wildman–Crippen MR) is 99.6 cm³/mol. The maximum Gasteiger partial charge on any atom is 0.306 e. The van der Waals surface area contributed by atoms with E-state index in [0.29, 0.717) is 43.7 Å². The molecule has 9 heteroatoms. The van der Waals surface area contributed by atoms with Gasteiger partial charge < -0.3 is 20.1 Å². The zero-order valence-corrected chi connectivity index (χ0v) is 15.7. The lowest BCUT2D eigenvalue weighted by atomic mass is 9.87. The van der Waals surface area contributed by atoms with Crippen LogP contribution in [0.15, 0.2) is 18.2 Å². The number of imide groups is 1. The SMILES string of the molecule is COC1(CC(=O)O)CCN(c2ccc(NC3CCC(=O)NC3=O)cc2F)CC1. The number of halogens is 1. The third-order valence-corrected chi connectivity index (χ3v) is 5.45. The number of carboxylic acids is 1. The Morgan fingerprint density at radius 1 is 1.39 bits per heavy atom. The first-order valence-corrected chi connectivity index (χ1v) is 9.23. The predicted octanol–water partition coefficient (Wildman–Crippen LogP) is 1.50. The minimum Gasteiger partial charge on any atom is -0.481 e. The number of carbonyl (C=O) groups excluding carboxylic acids is 2. The molecule has 2 fully saturated rings.